The van der Waals surface area contributed by atoms with Crippen LogP contribution in [0.5, 0.6) is 0 Å². The van der Waals surface area contributed by atoms with Gasteiger partial charge in [0.1, 0.15) is 0 Å². The van der Waals surface area contributed by atoms with Gasteiger partial charge in [-0.25, -0.2) is 8.42 Å². The highest BCUT2D eigenvalue weighted by atomic mass is 35.5. The first-order valence-electron chi connectivity index (χ1n) is 8.68. The van der Waals surface area contributed by atoms with E-state index in [0.29, 0.717) is 25.5 Å². The lowest BCUT2D eigenvalue weighted by molar-refractivity contribution is 0.0730. The molecule has 0 saturated carbocycles. The zero-order valence-electron chi connectivity index (χ0n) is 15.4. The standard InChI is InChI=1S/C19H21ClN2O5S/c1-26-13-14-3-2-4-15(11-14)21-19(23)17-12-16(5-6-18(17)20)28(24,25)22-7-9-27-10-8-22/h2-6,11-12H,7-10,13H2,1H3,(H,21,23). The van der Waals surface area contributed by atoms with Crippen LogP contribution in [-0.2, 0) is 26.1 Å². The third kappa shape index (κ3) is 4.71. The van der Waals surface area contributed by atoms with Crippen molar-refractivity contribution < 1.29 is 22.7 Å². The Hall–Kier alpha value is -1.97. The molecule has 7 nitrogen and oxygen atoms in total. The van der Waals surface area contributed by atoms with Crippen LogP contribution in [0.2, 0.25) is 5.02 Å². The Morgan fingerprint density at radius 1 is 1.21 bits per heavy atom. The van der Waals surface area contributed by atoms with Crippen molar-refractivity contribution in [1.82, 2.24) is 4.31 Å². The van der Waals surface area contributed by atoms with Gasteiger partial charge in [0, 0.05) is 25.9 Å². The van der Waals surface area contributed by atoms with E-state index in [-0.39, 0.29) is 28.6 Å². The van der Waals surface area contributed by atoms with E-state index in [9.17, 15) is 13.2 Å². The summed E-state index contributed by atoms with van der Waals surface area (Å²) in [5, 5.41) is 2.92. The first-order chi connectivity index (χ1) is 13.4. The Labute approximate surface area is 169 Å². The highest BCUT2D eigenvalue weighted by molar-refractivity contribution is 7.89. The van der Waals surface area contributed by atoms with Gasteiger partial charge in [0.2, 0.25) is 10.0 Å². The van der Waals surface area contributed by atoms with Crippen LogP contribution in [0.4, 0.5) is 5.69 Å². The number of anilines is 1. The molecule has 0 bridgehead atoms. The van der Waals surface area contributed by atoms with Crippen LogP contribution in [0.3, 0.4) is 0 Å². The molecule has 9 heteroatoms. The Kier molecular flexibility index (Phi) is 6.69. The summed E-state index contributed by atoms with van der Waals surface area (Å²) >= 11 is 6.16. The van der Waals surface area contributed by atoms with Crippen molar-refractivity contribution in [2.24, 2.45) is 0 Å². The maximum atomic E-state index is 12.8. The molecule has 1 N–H and O–H groups in total. The maximum Gasteiger partial charge on any atom is 0.257 e. The lowest BCUT2D eigenvalue weighted by Gasteiger charge is -2.26. The monoisotopic (exact) mass is 424 g/mol. The molecule has 1 aliphatic heterocycles. The van der Waals surface area contributed by atoms with E-state index >= 15 is 0 Å². The maximum absolute atomic E-state index is 12.8. The van der Waals surface area contributed by atoms with Gasteiger partial charge in [-0.05, 0) is 35.9 Å². The highest BCUT2D eigenvalue weighted by Gasteiger charge is 2.27. The van der Waals surface area contributed by atoms with E-state index in [1.165, 1.54) is 22.5 Å². The van der Waals surface area contributed by atoms with E-state index in [2.05, 4.69) is 5.32 Å². The fraction of sp³-hybridized carbons (Fsp3) is 0.316. The van der Waals surface area contributed by atoms with Gasteiger partial charge in [0.05, 0.1) is 35.3 Å². The first-order valence-corrected chi connectivity index (χ1v) is 10.5. The summed E-state index contributed by atoms with van der Waals surface area (Å²) in [6.07, 6.45) is 0. The molecule has 28 heavy (non-hydrogen) atoms. The quantitative estimate of drug-likeness (QED) is 0.770. The largest absolute Gasteiger partial charge is 0.380 e. The van der Waals surface area contributed by atoms with E-state index in [1.807, 2.05) is 6.07 Å². The Morgan fingerprint density at radius 3 is 2.68 bits per heavy atom. The van der Waals surface area contributed by atoms with Crippen molar-refractivity contribution >= 4 is 33.2 Å². The number of carbonyl (C=O) groups excluding carboxylic acids is 1. The summed E-state index contributed by atoms with van der Waals surface area (Å²) in [6.45, 7) is 1.66. The van der Waals surface area contributed by atoms with Crippen molar-refractivity contribution in [1.29, 1.82) is 0 Å². The van der Waals surface area contributed by atoms with Crippen LogP contribution >= 0.6 is 11.6 Å². The number of carbonyl (C=O) groups is 1. The molecule has 1 saturated heterocycles. The lowest BCUT2D eigenvalue weighted by Crippen LogP contribution is -2.40. The summed E-state index contributed by atoms with van der Waals surface area (Å²) in [7, 11) is -2.13. The van der Waals surface area contributed by atoms with Gasteiger partial charge >= 0.3 is 0 Å². The zero-order chi connectivity index (χ0) is 20.1. The van der Waals surface area contributed by atoms with Gasteiger partial charge in [-0.1, -0.05) is 23.7 Å². The molecular formula is C19H21ClN2O5S. The number of hydrogen-bond donors (Lipinski definition) is 1. The van der Waals surface area contributed by atoms with Crippen molar-refractivity contribution in [3.8, 4) is 0 Å². The van der Waals surface area contributed by atoms with Crippen molar-refractivity contribution in [2.45, 2.75) is 11.5 Å². The van der Waals surface area contributed by atoms with Gasteiger partial charge in [0.15, 0.2) is 0 Å². The zero-order valence-corrected chi connectivity index (χ0v) is 16.9. The average molecular weight is 425 g/mol. The topological polar surface area (TPSA) is 84.9 Å². The molecule has 1 heterocycles. The third-order valence-corrected chi connectivity index (χ3v) is 6.51. The molecule has 3 rings (SSSR count). The minimum atomic E-state index is -3.72. The van der Waals surface area contributed by atoms with E-state index in [4.69, 9.17) is 21.1 Å². The van der Waals surface area contributed by atoms with Gasteiger partial charge in [-0.15, -0.1) is 0 Å². The number of benzene rings is 2. The molecule has 0 aliphatic carbocycles. The summed E-state index contributed by atoms with van der Waals surface area (Å²) in [6, 6.07) is 11.3. The van der Waals surface area contributed by atoms with Crippen molar-refractivity contribution in [2.75, 3.05) is 38.7 Å². The second kappa shape index (κ2) is 9.02. The number of nitrogens with zero attached hydrogens (tertiary/aromatic N) is 1. The summed E-state index contributed by atoms with van der Waals surface area (Å²) in [5.41, 5.74) is 1.56. The normalized spacial score (nSPS) is 15.4. The second-order valence-electron chi connectivity index (χ2n) is 6.25. The summed E-state index contributed by atoms with van der Waals surface area (Å²) in [5.74, 6) is -0.487. The molecule has 0 unspecified atom stereocenters. The average Bonchev–Trinajstić information content (AvgIpc) is 2.69. The molecule has 0 radical (unpaired) electrons. The smallest absolute Gasteiger partial charge is 0.257 e. The first kappa shape index (κ1) is 20.8. The van der Waals surface area contributed by atoms with E-state index in [0.717, 1.165) is 5.56 Å². The van der Waals surface area contributed by atoms with Crippen molar-refractivity contribution in [3.05, 3.63) is 58.6 Å². The second-order valence-corrected chi connectivity index (χ2v) is 8.59. The van der Waals surface area contributed by atoms with Crippen LogP contribution in [-0.4, -0.2) is 52.0 Å². The number of nitrogens with one attached hydrogen (secondary N) is 1. The SMILES string of the molecule is COCc1cccc(NC(=O)c2cc(S(=O)(=O)N3CCOCC3)ccc2Cl)c1. The van der Waals surface area contributed by atoms with Crippen LogP contribution < -0.4 is 5.32 Å². The summed E-state index contributed by atoms with van der Waals surface area (Å²) < 4.78 is 37.3. The number of sulfonamides is 1. The van der Waals surface area contributed by atoms with Crippen LogP contribution in [0.1, 0.15) is 15.9 Å². The van der Waals surface area contributed by atoms with Crippen LogP contribution in [0.25, 0.3) is 0 Å². The minimum Gasteiger partial charge on any atom is -0.380 e. The van der Waals surface area contributed by atoms with Crippen LogP contribution in [0, 0.1) is 0 Å². The Morgan fingerprint density at radius 2 is 1.96 bits per heavy atom. The molecule has 0 atom stereocenters. The molecule has 1 aliphatic rings. The highest BCUT2D eigenvalue weighted by Crippen LogP contribution is 2.25. The fourth-order valence-electron chi connectivity index (χ4n) is 2.88. The van der Waals surface area contributed by atoms with E-state index in [1.54, 1.807) is 25.3 Å². The lowest BCUT2D eigenvalue weighted by atomic mass is 10.2. The predicted molar refractivity (Wildman–Crippen MR) is 106 cm³/mol. The number of hydrogen-bond acceptors (Lipinski definition) is 5. The molecule has 150 valence electrons. The van der Waals surface area contributed by atoms with Gasteiger partial charge < -0.3 is 14.8 Å². The number of methoxy groups -OCH3 is 1. The number of ether oxygens (including phenoxy) is 2. The van der Waals surface area contributed by atoms with Gasteiger partial charge in [-0.3, -0.25) is 4.79 Å². The molecular weight excluding hydrogens is 404 g/mol. The Balaban J connectivity index is 1.84. The molecule has 0 aromatic heterocycles. The third-order valence-electron chi connectivity index (χ3n) is 4.29. The summed E-state index contributed by atoms with van der Waals surface area (Å²) in [4.78, 5) is 12.7. The fourth-order valence-corrected chi connectivity index (χ4v) is 4.52. The van der Waals surface area contributed by atoms with Crippen LogP contribution in [0.15, 0.2) is 47.4 Å². The molecule has 1 fully saturated rings. The number of amides is 1. The minimum absolute atomic E-state index is 0.0251. The van der Waals surface area contributed by atoms with Crippen molar-refractivity contribution in [3.63, 3.8) is 0 Å². The number of morpholine rings is 1. The molecule has 0 spiro atoms. The van der Waals surface area contributed by atoms with E-state index < -0.39 is 15.9 Å². The predicted octanol–water partition coefficient (Wildman–Crippen LogP) is 2.76. The van der Waals surface area contributed by atoms with Gasteiger partial charge in [0.25, 0.3) is 5.91 Å². The number of halogens is 1. The Bertz CT molecular complexity index is 959. The van der Waals surface area contributed by atoms with Gasteiger partial charge in [-0.2, -0.15) is 4.31 Å². The molecule has 2 aromatic carbocycles. The molecule has 1 amide bonds. The molecule has 2 aromatic rings. The number of rotatable bonds is 6.